The van der Waals surface area contributed by atoms with E-state index in [1.54, 1.807) is 6.07 Å². The topological polar surface area (TPSA) is 38.3 Å². The van der Waals surface area contributed by atoms with Crippen LogP contribution in [0.15, 0.2) is 24.3 Å². The molecule has 3 nitrogen and oxygen atoms in total. The number of hydrogen-bond acceptors (Lipinski definition) is 2. The average molecular weight is 256 g/mol. The van der Waals surface area contributed by atoms with Crippen molar-refractivity contribution in [1.82, 2.24) is 5.32 Å². The fourth-order valence-electron chi connectivity index (χ4n) is 1.34. The van der Waals surface area contributed by atoms with E-state index in [9.17, 15) is 4.79 Å². The maximum atomic E-state index is 11.5. The van der Waals surface area contributed by atoms with E-state index in [-0.39, 0.29) is 18.1 Å². The van der Waals surface area contributed by atoms with Crippen molar-refractivity contribution in [1.29, 1.82) is 0 Å². The number of ether oxygens (including phenoxy) is 1. The molecule has 0 saturated carbocycles. The Kier molecular flexibility index (Phi) is 4.97. The van der Waals surface area contributed by atoms with Crippen molar-refractivity contribution in [2.75, 3.05) is 6.61 Å². The van der Waals surface area contributed by atoms with Gasteiger partial charge in [-0.2, -0.15) is 0 Å². The van der Waals surface area contributed by atoms with Crippen LogP contribution in [-0.4, -0.2) is 18.1 Å². The molecule has 0 aliphatic heterocycles. The van der Waals surface area contributed by atoms with Crippen molar-refractivity contribution >= 4 is 17.5 Å². The van der Waals surface area contributed by atoms with Gasteiger partial charge in [0.25, 0.3) is 0 Å². The molecular weight excluding hydrogens is 238 g/mol. The van der Waals surface area contributed by atoms with Crippen LogP contribution in [0.4, 0.5) is 0 Å². The average Bonchev–Trinajstić information content (AvgIpc) is 2.14. The van der Waals surface area contributed by atoms with Crippen molar-refractivity contribution < 1.29 is 9.53 Å². The lowest BCUT2D eigenvalue weighted by atomic mass is 10.1. The summed E-state index contributed by atoms with van der Waals surface area (Å²) in [5, 5.41) is 3.50. The molecule has 4 heteroatoms. The summed E-state index contributed by atoms with van der Waals surface area (Å²) in [7, 11) is 0. The van der Waals surface area contributed by atoms with Gasteiger partial charge in [-0.05, 0) is 38.5 Å². The van der Waals surface area contributed by atoms with Crippen LogP contribution in [0.25, 0.3) is 0 Å². The van der Waals surface area contributed by atoms with Gasteiger partial charge >= 0.3 is 0 Å². The van der Waals surface area contributed by atoms with Crippen LogP contribution in [0.2, 0.25) is 5.02 Å². The fraction of sp³-hybridized carbons (Fsp3) is 0.462. The number of carbonyl (C=O) groups is 1. The summed E-state index contributed by atoms with van der Waals surface area (Å²) in [4.78, 5) is 11.5. The number of halogens is 1. The van der Waals surface area contributed by atoms with Gasteiger partial charge in [-0.1, -0.05) is 23.7 Å². The zero-order chi connectivity index (χ0) is 12.9. The molecule has 0 aliphatic rings. The first-order valence-corrected chi connectivity index (χ1v) is 5.88. The van der Waals surface area contributed by atoms with Crippen molar-refractivity contribution in [3.63, 3.8) is 0 Å². The van der Waals surface area contributed by atoms with Gasteiger partial charge in [-0.15, -0.1) is 0 Å². The van der Waals surface area contributed by atoms with Crippen LogP contribution in [0.5, 0.6) is 0 Å². The predicted octanol–water partition coefficient (Wildman–Crippen LogP) is 2.77. The van der Waals surface area contributed by atoms with E-state index in [0.29, 0.717) is 11.6 Å². The van der Waals surface area contributed by atoms with E-state index in [4.69, 9.17) is 16.3 Å². The van der Waals surface area contributed by atoms with E-state index in [1.807, 2.05) is 39.0 Å². The second-order valence-electron chi connectivity index (χ2n) is 4.92. The second kappa shape index (κ2) is 6.03. The van der Waals surface area contributed by atoms with Gasteiger partial charge in [0.15, 0.2) is 0 Å². The molecule has 0 aromatic heterocycles. The first kappa shape index (κ1) is 14.0. The standard InChI is InChI=1S/C13H18ClNO2/c1-13(2,3)15-12(16)9-17-8-10-5-4-6-11(14)7-10/h4-7H,8-9H2,1-3H3,(H,15,16). The Morgan fingerprint density at radius 3 is 2.71 bits per heavy atom. The van der Waals surface area contributed by atoms with Crippen molar-refractivity contribution in [3.05, 3.63) is 34.9 Å². The molecule has 1 aromatic rings. The van der Waals surface area contributed by atoms with Crippen LogP contribution in [0.3, 0.4) is 0 Å². The highest BCUT2D eigenvalue weighted by Crippen LogP contribution is 2.11. The van der Waals surface area contributed by atoms with Gasteiger partial charge in [-0.25, -0.2) is 0 Å². The Bertz CT molecular complexity index is 385. The third-order valence-corrected chi connectivity index (χ3v) is 2.14. The number of hydrogen-bond donors (Lipinski definition) is 1. The SMILES string of the molecule is CC(C)(C)NC(=O)COCc1cccc(Cl)c1. The third-order valence-electron chi connectivity index (χ3n) is 1.91. The molecule has 0 radical (unpaired) electrons. The van der Waals surface area contributed by atoms with Gasteiger partial charge < -0.3 is 10.1 Å². The summed E-state index contributed by atoms with van der Waals surface area (Å²) in [6.45, 7) is 6.24. The minimum Gasteiger partial charge on any atom is -0.367 e. The van der Waals surface area contributed by atoms with Gasteiger partial charge in [0.1, 0.15) is 6.61 Å². The second-order valence-corrected chi connectivity index (χ2v) is 5.36. The Labute approximate surface area is 107 Å². The lowest BCUT2D eigenvalue weighted by Crippen LogP contribution is -2.42. The Hall–Kier alpha value is -1.06. The van der Waals surface area contributed by atoms with Crippen LogP contribution in [-0.2, 0) is 16.1 Å². The van der Waals surface area contributed by atoms with Gasteiger partial charge in [0.2, 0.25) is 5.91 Å². The molecule has 1 aromatic carbocycles. The summed E-state index contributed by atoms with van der Waals surface area (Å²) in [5.74, 6) is -0.112. The number of rotatable bonds is 4. The van der Waals surface area contributed by atoms with Crippen molar-refractivity contribution in [2.45, 2.75) is 32.9 Å². The first-order valence-electron chi connectivity index (χ1n) is 5.50. The Morgan fingerprint density at radius 1 is 1.41 bits per heavy atom. The first-order chi connectivity index (χ1) is 7.87. The predicted molar refractivity (Wildman–Crippen MR) is 69.0 cm³/mol. The van der Waals surface area contributed by atoms with Crippen molar-refractivity contribution in [3.8, 4) is 0 Å². The summed E-state index contributed by atoms with van der Waals surface area (Å²) in [5.41, 5.74) is 0.734. The van der Waals surface area contributed by atoms with Gasteiger partial charge in [0, 0.05) is 10.6 Å². The van der Waals surface area contributed by atoms with Crippen LogP contribution >= 0.6 is 11.6 Å². The van der Waals surface area contributed by atoms with Crippen LogP contribution < -0.4 is 5.32 Å². The maximum Gasteiger partial charge on any atom is 0.246 e. The smallest absolute Gasteiger partial charge is 0.246 e. The van der Waals surface area contributed by atoms with E-state index in [2.05, 4.69) is 5.32 Å². The molecule has 0 fully saturated rings. The molecule has 0 spiro atoms. The molecule has 1 rings (SSSR count). The highest BCUT2D eigenvalue weighted by Gasteiger charge is 2.13. The number of benzene rings is 1. The zero-order valence-electron chi connectivity index (χ0n) is 10.4. The number of carbonyl (C=O) groups excluding carboxylic acids is 1. The summed E-state index contributed by atoms with van der Waals surface area (Å²) in [6, 6.07) is 7.39. The summed E-state index contributed by atoms with van der Waals surface area (Å²) in [6.07, 6.45) is 0. The molecule has 1 amide bonds. The molecule has 0 bridgehead atoms. The normalized spacial score (nSPS) is 11.3. The molecular formula is C13H18ClNO2. The number of amides is 1. The quantitative estimate of drug-likeness (QED) is 0.899. The van der Waals surface area contributed by atoms with E-state index < -0.39 is 0 Å². The molecule has 17 heavy (non-hydrogen) atoms. The molecule has 0 atom stereocenters. The lowest BCUT2D eigenvalue weighted by molar-refractivity contribution is -0.127. The van der Waals surface area contributed by atoms with E-state index >= 15 is 0 Å². The largest absolute Gasteiger partial charge is 0.367 e. The van der Waals surface area contributed by atoms with Gasteiger partial charge in [0.05, 0.1) is 6.61 Å². The zero-order valence-corrected chi connectivity index (χ0v) is 11.2. The summed E-state index contributed by atoms with van der Waals surface area (Å²) < 4.78 is 5.31. The van der Waals surface area contributed by atoms with Crippen LogP contribution in [0.1, 0.15) is 26.3 Å². The Morgan fingerprint density at radius 2 is 2.12 bits per heavy atom. The summed E-state index contributed by atoms with van der Waals surface area (Å²) >= 11 is 5.84. The molecule has 0 saturated heterocycles. The highest BCUT2D eigenvalue weighted by atomic mass is 35.5. The third kappa shape index (κ3) is 6.29. The Balaban J connectivity index is 2.31. The van der Waals surface area contributed by atoms with E-state index in [0.717, 1.165) is 5.56 Å². The lowest BCUT2D eigenvalue weighted by Gasteiger charge is -2.20. The van der Waals surface area contributed by atoms with Crippen molar-refractivity contribution in [2.24, 2.45) is 0 Å². The van der Waals surface area contributed by atoms with E-state index in [1.165, 1.54) is 0 Å². The molecule has 94 valence electrons. The van der Waals surface area contributed by atoms with Crippen LogP contribution in [0, 0.1) is 0 Å². The molecule has 0 unspecified atom stereocenters. The minimum atomic E-state index is -0.226. The maximum absolute atomic E-state index is 11.5. The molecule has 1 N–H and O–H groups in total. The monoisotopic (exact) mass is 255 g/mol. The highest BCUT2D eigenvalue weighted by molar-refractivity contribution is 6.30. The minimum absolute atomic E-state index is 0.0593. The van der Waals surface area contributed by atoms with Gasteiger partial charge in [-0.3, -0.25) is 4.79 Å². The fourth-order valence-corrected chi connectivity index (χ4v) is 1.56. The number of nitrogens with one attached hydrogen (secondary N) is 1. The molecule has 0 heterocycles. The molecule has 0 aliphatic carbocycles.